The highest BCUT2D eigenvalue weighted by Crippen LogP contribution is 2.26. The van der Waals surface area contributed by atoms with Gasteiger partial charge in [0, 0.05) is 43.6 Å². The normalized spacial score (nSPS) is 15.2. The molecule has 1 saturated heterocycles. The number of fused-ring (bicyclic) bond motifs is 1. The summed E-state index contributed by atoms with van der Waals surface area (Å²) in [5.41, 5.74) is 1.53. The molecule has 0 saturated carbocycles. The van der Waals surface area contributed by atoms with Crippen molar-refractivity contribution in [3.05, 3.63) is 35.6 Å². The first kappa shape index (κ1) is 13.1. The van der Waals surface area contributed by atoms with E-state index in [2.05, 4.69) is 10.6 Å². The molecule has 0 unspecified atom stereocenters. The van der Waals surface area contributed by atoms with Crippen LogP contribution in [0.5, 0.6) is 0 Å². The second-order valence-corrected chi connectivity index (χ2v) is 5.07. The van der Waals surface area contributed by atoms with Gasteiger partial charge in [0.25, 0.3) is 5.91 Å². The number of ether oxygens (including phenoxy) is 1. The first-order chi connectivity index (χ1) is 9.79. The average Bonchev–Trinajstić information content (AvgIpc) is 2.77. The van der Waals surface area contributed by atoms with Crippen molar-refractivity contribution in [2.75, 3.05) is 26.7 Å². The van der Waals surface area contributed by atoms with E-state index in [0.717, 1.165) is 29.6 Å². The predicted molar refractivity (Wildman–Crippen MR) is 75.6 cm³/mol. The molecule has 1 aliphatic rings. The number of hydrogen-bond donors (Lipinski definition) is 2. The van der Waals surface area contributed by atoms with Gasteiger partial charge in [-0.25, -0.2) is 0 Å². The molecule has 1 aromatic heterocycles. The quantitative estimate of drug-likeness (QED) is 0.868. The van der Waals surface area contributed by atoms with Gasteiger partial charge < -0.3 is 19.8 Å². The van der Waals surface area contributed by atoms with Gasteiger partial charge >= 0.3 is 0 Å². The molecule has 2 heterocycles. The summed E-state index contributed by atoms with van der Waals surface area (Å²) >= 11 is 0. The SMILES string of the molecule is COCc1c(C(=O)NCC2CNC2)oc2ccccc12. The molecule has 1 aromatic carbocycles. The van der Waals surface area contributed by atoms with E-state index < -0.39 is 0 Å². The second kappa shape index (κ2) is 5.64. The highest BCUT2D eigenvalue weighted by molar-refractivity contribution is 5.99. The van der Waals surface area contributed by atoms with Gasteiger partial charge in [-0.05, 0) is 6.07 Å². The maximum absolute atomic E-state index is 12.3. The zero-order chi connectivity index (χ0) is 13.9. The molecule has 5 heteroatoms. The van der Waals surface area contributed by atoms with Crippen molar-refractivity contribution in [1.82, 2.24) is 10.6 Å². The van der Waals surface area contributed by atoms with Crippen molar-refractivity contribution in [2.45, 2.75) is 6.61 Å². The van der Waals surface area contributed by atoms with E-state index in [9.17, 15) is 4.79 Å². The lowest BCUT2D eigenvalue weighted by Crippen LogP contribution is -2.48. The second-order valence-electron chi connectivity index (χ2n) is 5.07. The van der Waals surface area contributed by atoms with E-state index in [1.54, 1.807) is 7.11 Å². The molecule has 2 N–H and O–H groups in total. The molecule has 3 rings (SSSR count). The van der Waals surface area contributed by atoms with Crippen LogP contribution in [0, 0.1) is 5.92 Å². The molecule has 20 heavy (non-hydrogen) atoms. The van der Waals surface area contributed by atoms with Crippen molar-refractivity contribution < 1.29 is 13.9 Å². The van der Waals surface area contributed by atoms with Crippen LogP contribution in [0.4, 0.5) is 0 Å². The Balaban J connectivity index is 1.84. The molecular weight excluding hydrogens is 256 g/mol. The molecule has 1 aliphatic heterocycles. The largest absolute Gasteiger partial charge is 0.451 e. The van der Waals surface area contributed by atoms with E-state index in [1.807, 2.05) is 24.3 Å². The molecule has 1 fully saturated rings. The molecule has 0 atom stereocenters. The molecule has 5 nitrogen and oxygen atoms in total. The molecule has 0 aliphatic carbocycles. The van der Waals surface area contributed by atoms with E-state index >= 15 is 0 Å². The molecule has 2 aromatic rings. The van der Waals surface area contributed by atoms with Crippen molar-refractivity contribution in [1.29, 1.82) is 0 Å². The highest BCUT2D eigenvalue weighted by Gasteiger charge is 2.22. The van der Waals surface area contributed by atoms with Crippen molar-refractivity contribution in [3.63, 3.8) is 0 Å². The van der Waals surface area contributed by atoms with Gasteiger partial charge in [0.1, 0.15) is 5.58 Å². The fourth-order valence-electron chi connectivity index (χ4n) is 2.38. The van der Waals surface area contributed by atoms with Crippen LogP contribution in [-0.4, -0.2) is 32.7 Å². The Morgan fingerprint density at radius 2 is 2.25 bits per heavy atom. The van der Waals surface area contributed by atoms with Crippen LogP contribution in [0.2, 0.25) is 0 Å². The minimum absolute atomic E-state index is 0.167. The summed E-state index contributed by atoms with van der Waals surface area (Å²) in [5, 5.41) is 7.05. The summed E-state index contributed by atoms with van der Waals surface area (Å²) in [7, 11) is 1.61. The number of hydrogen-bond acceptors (Lipinski definition) is 4. The first-order valence-electron chi connectivity index (χ1n) is 6.78. The fourth-order valence-corrected chi connectivity index (χ4v) is 2.38. The van der Waals surface area contributed by atoms with Crippen LogP contribution in [0.25, 0.3) is 11.0 Å². The Morgan fingerprint density at radius 1 is 1.45 bits per heavy atom. The van der Waals surface area contributed by atoms with Gasteiger partial charge in [-0.15, -0.1) is 0 Å². The summed E-state index contributed by atoms with van der Waals surface area (Å²) in [5.74, 6) is 0.717. The third-order valence-electron chi connectivity index (χ3n) is 3.61. The number of amides is 1. The Kier molecular flexibility index (Phi) is 3.71. The summed E-state index contributed by atoms with van der Waals surface area (Å²) in [4.78, 5) is 12.3. The number of rotatable bonds is 5. The predicted octanol–water partition coefficient (Wildman–Crippen LogP) is 1.53. The average molecular weight is 274 g/mol. The maximum Gasteiger partial charge on any atom is 0.287 e. The van der Waals surface area contributed by atoms with Gasteiger partial charge in [-0.3, -0.25) is 4.79 Å². The van der Waals surface area contributed by atoms with Crippen LogP contribution in [0.1, 0.15) is 16.1 Å². The van der Waals surface area contributed by atoms with Crippen LogP contribution in [0.3, 0.4) is 0 Å². The van der Waals surface area contributed by atoms with Gasteiger partial charge in [0.05, 0.1) is 6.61 Å². The molecule has 106 valence electrons. The zero-order valence-electron chi connectivity index (χ0n) is 11.4. The van der Waals surface area contributed by atoms with Gasteiger partial charge in [0.15, 0.2) is 5.76 Å². The molecule has 0 bridgehead atoms. The number of methoxy groups -OCH3 is 1. The third-order valence-corrected chi connectivity index (χ3v) is 3.61. The summed E-state index contributed by atoms with van der Waals surface area (Å²) in [6.07, 6.45) is 0. The monoisotopic (exact) mass is 274 g/mol. The van der Waals surface area contributed by atoms with Crippen LogP contribution >= 0.6 is 0 Å². The Bertz CT molecular complexity index is 617. The van der Waals surface area contributed by atoms with Gasteiger partial charge in [0.2, 0.25) is 0 Å². The maximum atomic E-state index is 12.3. The lowest BCUT2D eigenvalue weighted by Gasteiger charge is -2.26. The van der Waals surface area contributed by atoms with Gasteiger partial charge in [-0.2, -0.15) is 0 Å². The molecular formula is C15H18N2O3. The molecule has 0 spiro atoms. The third kappa shape index (κ3) is 2.42. The first-order valence-corrected chi connectivity index (χ1v) is 6.78. The lowest BCUT2D eigenvalue weighted by molar-refractivity contribution is 0.0910. The molecule has 0 radical (unpaired) electrons. The number of carbonyl (C=O) groups excluding carboxylic acids is 1. The Labute approximate surface area is 117 Å². The topological polar surface area (TPSA) is 63.5 Å². The smallest absolute Gasteiger partial charge is 0.287 e. The van der Waals surface area contributed by atoms with Crippen molar-refractivity contribution in [2.24, 2.45) is 5.92 Å². The Morgan fingerprint density at radius 3 is 2.95 bits per heavy atom. The van der Waals surface area contributed by atoms with E-state index in [0.29, 0.717) is 24.8 Å². The summed E-state index contributed by atoms with van der Waals surface area (Å²) < 4.78 is 10.9. The number of benzene rings is 1. The minimum Gasteiger partial charge on any atom is -0.451 e. The van der Waals surface area contributed by atoms with E-state index in [-0.39, 0.29) is 5.91 Å². The number of furan rings is 1. The van der Waals surface area contributed by atoms with Crippen LogP contribution < -0.4 is 10.6 Å². The van der Waals surface area contributed by atoms with E-state index in [4.69, 9.17) is 9.15 Å². The van der Waals surface area contributed by atoms with Crippen molar-refractivity contribution >= 4 is 16.9 Å². The Hall–Kier alpha value is -1.85. The highest BCUT2D eigenvalue weighted by atomic mass is 16.5. The lowest BCUT2D eigenvalue weighted by atomic mass is 10.0. The number of nitrogens with one attached hydrogen (secondary N) is 2. The van der Waals surface area contributed by atoms with Crippen LogP contribution in [0.15, 0.2) is 28.7 Å². The summed E-state index contributed by atoms with van der Waals surface area (Å²) in [6.45, 7) is 2.97. The van der Waals surface area contributed by atoms with Crippen LogP contribution in [-0.2, 0) is 11.3 Å². The minimum atomic E-state index is -0.167. The summed E-state index contributed by atoms with van der Waals surface area (Å²) in [6, 6.07) is 7.63. The van der Waals surface area contributed by atoms with E-state index in [1.165, 1.54) is 0 Å². The zero-order valence-corrected chi connectivity index (χ0v) is 11.4. The number of carbonyl (C=O) groups is 1. The standard InChI is InChI=1S/C15H18N2O3/c1-19-9-12-11-4-2-3-5-13(11)20-14(12)15(18)17-8-10-6-16-7-10/h2-5,10,16H,6-9H2,1H3,(H,17,18). The van der Waals surface area contributed by atoms with Gasteiger partial charge in [-0.1, -0.05) is 18.2 Å². The fraction of sp³-hybridized carbons (Fsp3) is 0.400. The molecule has 1 amide bonds. The van der Waals surface area contributed by atoms with Crippen molar-refractivity contribution in [3.8, 4) is 0 Å². The number of para-hydroxylation sites is 1.